The van der Waals surface area contributed by atoms with E-state index in [1.165, 1.54) is 24.2 Å². The second-order valence-corrected chi connectivity index (χ2v) is 7.10. The molecule has 24 heavy (non-hydrogen) atoms. The maximum absolute atomic E-state index is 12.6. The molecule has 1 amide bonds. The van der Waals surface area contributed by atoms with Crippen molar-refractivity contribution in [2.75, 3.05) is 5.32 Å². The average Bonchev–Trinajstić information content (AvgIpc) is 3.22. The number of nitrogens with zero attached hydrogens (tertiary/aromatic N) is 2. The number of rotatable bonds is 4. The van der Waals surface area contributed by atoms with Gasteiger partial charge in [0, 0.05) is 28.4 Å². The third-order valence-corrected chi connectivity index (χ3v) is 5.19. The van der Waals surface area contributed by atoms with Crippen LogP contribution in [0.5, 0.6) is 0 Å². The number of thiazole rings is 1. The first kappa shape index (κ1) is 15.1. The maximum atomic E-state index is 12.6. The summed E-state index contributed by atoms with van der Waals surface area (Å²) in [4.78, 5) is 17.2. The Balaban J connectivity index is 1.55. The Kier molecular flexibility index (Phi) is 3.73. The van der Waals surface area contributed by atoms with Crippen molar-refractivity contribution in [3.05, 3.63) is 58.7 Å². The molecule has 0 aliphatic heterocycles. The van der Waals surface area contributed by atoms with E-state index in [1.807, 2.05) is 48.7 Å². The minimum atomic E-state index is -0.0797. The number of aryl methyl sites for hydroxylation is 1. The highest BCUT2D eigenvalue weighted by Gasteiger charge is 2.28. The van der Waals surface area contributed by atoms with Crippen molar-refractivity contribution in [3.8, 4) is 11.3 Å². The molecular weight excluding hydrogens is 318 g/mol. The standard InChI is InChI=1S/C19H19N3OS/c1-12-10-16(13(2)22(12)15-8-9-15)18(23)21-19-20-17(11-24-19)14-6-4-3-5-7-14/h3-7,10-11,15H,8-9H2,1-2H3,(H,20,21,23). The third-order valence-electron chi connectivity index (χ3n) is 4.44. The van der Waals surface area contributed by atoms with Gasteiger partial charge in [0.05, 0.1) is 11.3 Å². The van der Waals surface area contributed by atoms with Crippen LogP contribution in [0.25, 0.3) is 11.3 Å². The second kappa shape index (κ2) is 5.91. The number of hydrogen-bond donors (Lipinski definition) is 1. The minimum absolute atomic E-state index is 0.0797. The van der Waals surface area contributed by atoms with Gasteiger partial charge in [-0.2, -0.15) is 0 Å². The largest absolute Gasteiger partial charge is 0.345 e. The van der Waals surface area contributed by atoms with Gasteiger partial charge in [-0.15, -0.1) is 11.3 Å². The molecule has 5 heteroatoms. The van der Waals surface area contributed by atoms with Crippen LogP contribution in [-0.2, 0) is 0 Å². The molecule has 1 aromatic carbocycles. The van der Waals surface area contributed by atoms with Crippen molar-refractivity contribution in [3.63, 3.8) is 0 Å². The van der Waals surface area contributed by atoms with Crippen molar-refractivity contribution >= 4 is 22.4 Å². The molecule has 1 N–H and O–H groups in total. The lowest BCUT2D eigenvalue weighted by atomic mass is 10.2. The van der Waals surface area contributed by atoms with Gasteiger partial charge in [-0.3, -0.25) is 10.1 Å². The lowest BCUT2D eigenvalue weighted by Crippen LogP contribution is -2.13. The van der Waals surface area contributed by atoms with Gasteiger partial charge in [-0.05, 0) is 32.8 Å². The van der Waals surface area contributed by atoms with E-state index in [2.05, 4.69) is 21.8 Å². The fourth-order valence-corrected chi connectivity index (χ4v) is 3.85. The van der Waals surface area contributed by atoms with Crippen LogP contribution in [0.2, 0.25) is 0 Å². The maximum Gasteiger partial charge on any atom is 0.259 e. The van der Waals surface area contributed by atoms with E-state index >= 15 is 0 Å². The Hall–Kier alpha value is -2.40. The predicted octanol–water partition coefficient (Wildman–Crippen LogP) is 4.82. The van der Waals surface area contributed by atoms with E-state index in [0.29, 0.717) is 11.2 Å². The summed E-state index contributed by atoms with van der Waals surface area (Å²) in [5.74, 6) is -0.0797. The number of anilines is 1. The van der Waals surface area contributed by atoms with Gasteiger partial charge in [-0.1, -0.05) is 30.3 Å². The highest BCUT2D eigenvalue weighted by atomic mass is 32.1. The first-order chi connectivity index (χ1) is 11.6. The molecule has 0 saturated heterocycles. The Morgan fingerprint density at radius 1 is 1.25 bits per heavy atom. The Morgan fingerprint density at radius 3 is 2.71 bits per heavy atom. The van der Waals surface area contributed by atoms with Crippen LogP contribution in [0, 0.1) is 13.8 Å². The van der Waals surface area contributed by atoms with Crippen LogP contribution in [0.1, 0.15) is 40.6 Å². The monoisotopic (exact) mass is 337 g/mol. The summed E-state index contributed by atoms with van der Waals surface area (Å²) in [5, 5.41) is 5.55. The highest BCUT2D eigenvalue weighted by Crippen LogP contribution is 2.38. The number of hydrogen-bond acceptors (Lipinski definition) is 3. The molecule has 122 valence electrons. The fraction of sp³-hybridized carbons (Fsp3) is 0.263. The molecule has 1 fully saturated rings. The lowest BCUT2D eigenvalue weighted by Gasteiger charge is -2.07. The number of aromatic nitrogens is 2. The summed E-state index contributed by atoms with van der Waals surface area (Å²) in [5.41, 5.74) is 4.90. The van der Waals surface area contributed by atoms with E-state index in [1.54, 1.807) is 0 Å². The van der Waals surface area contributed by atoms with E-state index < -0.39 is 0 Å². The quantitative estimate of drug-likeness (QED) is 0.742. The van der Waals surface area contributed by atoms with Crippen LogP contribution in [-0.4, -0.2) is 15.5 Å². The van der Waals surface area contributed by atoms with Gasteiger partial charge in [0.25, 0.3) is 5.91 Å². The summed E-state index contributed by atoms with van der Waals surface area (Å²) in [6, 6.07) is 12.5. The fourth-order valence-electron chi connectivity index (χ4n) is 3.14. The summed E-state index contributed by atoms with van der Waals surface area (Å²) in [6.45, 7) is 4.09. The van der Waals surface area contributed by atoms with Crippen molar-refractivity contribution in [2.24, 2.45) is 0 Å². The number of amides is 1. The zero-order valence-corrected chi connectivity index (χ0v) is 14.6. The van der Waals surface area contributed by atoms with Crippen LogP contribution in [0.4, 0.5) is 5.13 Å². The van der Waals surface area contributed by atoms with Crippen molar-refractivity contribution in [1.82, 2.24) is 9.55 Å². The molecule has 1 aliphatic rings. The minimum Gasteiger partial charge on any atom is -0.345 e. The summed E-state index contributed by atoms with van der Waals surface area (Å²) in [6.07, 6.45) is 2.43. The number of nitrogens with one attached hydrogen (secondary N) is 1. The highest BCUT2D eigenvalue weighted by molar-refractivity contribution is 7.14. The van der Waals surface area contributed by atoms with E-state index in [4.69, 9.17) is 0 Å². The van der Waals surface area contributed by atoms with E-state index in [0.717, 1.165) is 28.2 Å². The second-order valence-electron chi connectivity index (χ2n) is 6.24. The molecule has 4 nitrogen and oxygen atoms in total. The molecule has 3 aromatic rings. The zero-order chi connectivity index (χ0) is 16.7. The third kappa shape index (κ3) is 2.76. The van der Waals surface area contributed by atoms with Gasteiger partial charge < -0.3 is 4.57 Å². The van der Waals surface area contributed by atoms with Crippen LogP contribution < -0.4 is 5.32 Å². The summed E-state index contributed by atoms with van der Waals surface area (Å²) < 4.78 is 2.28. The molecule has 1 aliphatic carbocycles. The predicted molar refractivity (Wildman–Crippen MR) is 97.7 cm³/mol. The van der Waals surface area contributed by atoms with Gasteiger partial charge in [0.1, 0.15) is 0 Å². The smallest absolute Gasteiger partial charge is 0.259 e. The van der Waals surface area contributed by atoms with E-state index in [-0.39, 0.29) is 5.91 Å². The van der Waals surface area contributed by atoms with Crippen molar-refractivity contribution in [2.45, 2.75) is 32.7 Å². The van der Waals surface area contributed by atoms with Crippen LogP contribution >= 0.6 is 11.3 Å². The SMILES string of the molecule is Cc1cc(C(=O)Nc2nc(-c3ccccc3)cs2)c(C)n1C1CC1. The molecule has 2 aromatic heterocycles. The first-order valence-corrected chi connectivity index (χ1v) is 9.02. The molecule has 4 rings (SSSR count). The van der Waals surface area contributed by atoms with Gasteiger partial charge in [-0.25, -0.2) is 4.98 Å². The van der Waals surface area contributed by atoms with Crippen molar-refractivity contribution < 1.29 is 4.79 Å². The number of carbonyl (C=O) groups excluding carboxylic acids is 1. The molecule has 0 atom stereocenters. The summed E-state index contributed by atoms with van der Waals surface area (Å²) in [7, 11) is 0. The Labute approximate surface area is 145 Å². The summed E-state index contributed by atoms with van der Waals surface area (Å²) >= 11 is 1.45. The van der Waals surface area contributed by atoms with Gasteiger partial charge in [0.15, 0.2) is 5.13 Å². The van der Waals surface area contributed by atoms with Gasteiger partial charge in [0.2, 0.25) is 0 Å². The van der Waals surface area contributed by atoms with Crippen molar-refractivity contribution in [1.29, 1.82) is 0 Å². The topological polar surface area (TPSA) is 46.9 Å². The molecule has 1 saturated carbocycles. The lowest BCUT2D eigenvalue weighted by molar-refractivity contribution is 0.102. The molecule has 0 spiro atoms. The van der Waals surface area contributed by atoms with Crippen LogP contribution in [0.15, 0.2) is 41.8 Å². The molecule has 0 unspecified atom stereocenters. The van der Waals surface area contributed by atoms with E-state index in [9.17, 15) is 4.79 Å². The van der Waals surface area contributed by atoms with Gasteiger partial charge >= 0.3 is 0 Å². The number of benzene rings is 1. The first-order valence-electron chi connectivity index (χ1n) is 8.14. The zero-order valence-electron chi connectivity index (χ0n) is 13.7. The Morgan fingerprint density at radius 2 is 2.00 bits per heavy atom. The average molecular weight is 337 g/mol. The molecule has 0 radical (unpaired) electrons. The molecule has 0 bridgehead atoms. The Bertz CT molecular complexity index is 891. The normalized spacial score (nSPS) is 13.9. The van der Waals surface area contributed by atoms with Crippen LogP contribution in [0.3, 0.4) is 0 Å². The molecule has 2 heterocycles. The number of carbonyl (C=O) groups is 1. The molecular formula is C19H19N3OS.